The van der Waals surface area contributed by atoms with Crippen LogP contribution in [-0.2, 0) is 10.1 Å². The molecule has 1 N–H and O–H groups in total. The van der Waals surface area contributed by atoms with Gasteiger partial charge < -0.3 is 9.66 Å². The van der Waals surface area contributed by atoms with Crippen LogP contribution in [0.5, 0.6) is 0 Å². The molecule has 0 rings (SSSR count). The van der Waals surface area contributed by atoms with Crippen LogP contribution in [0, 0.1) is 0 Å². The summed E-state index contributed by atoms with van der Waals surface area (Å²) in [5.41, 5.74) is 0. The van der Waals surface area contributed by atoms with Gasteiger partial charge in [-0.2, -0.15) is 0 Å². The zero-order valence-corrected chi connectivity index (χ0v) is 20.1. The van der Waals surface area contributed by atoms with Crippen molar-refractivity contribution in [3.05, 3.63) is 0 Å². The van der Waals surface area contributed by atoms with Gasteiger partial charge in [-0.15, -0.1) is 0 Å². The van der Waals surface area contributed by atoms with Gasteiger partial charge in [-0.3, -0.25) is 0 Å². The van der Waals surface area contributed by atoms with Crippen LogP contribution in [0.1, 0.15) is 104 Å². The SMILES string of the molecule is CCCCCCCCCC(CCCC(O)CCCC)S(=O)(=O)[O-].[K+]. The number of aliphatic hydroxyl groups excluding tert-OH is 1. The molecule has 0 radical (unpaired) electrons. The molecule has 0 aliphatic rings. The van der Waals surface area contributed by atoms with Crippen molar-refractivity contribution < 1.29 is 69.5 Å². The van der Waals surface area contributed by atoms with E-state index in [-0.39, 0.29) is 57.5 Å². The smallest absolute Gasteiger partial charge is 0.748 e. The van der Waals surface area contributed by atoms with Gasteiger partial charge in [0.05, 0.1) is 16.2 Å². The first-order chi connectivity index (χ1) is 10.9. The standard InChI is InChI=1S/C18H38O4S.K/c1-3-5-7-8-9-10-11-15-18(23(20,21)22)16-12-14-17(19)13-6-4-2;/h17-19H,3-16H2,1-2H3,(H,20,21,22);/q;+1/p-1. The first-order valence-corrected chi connectivity index (χ1v) is 11.0. The third-order valence-electron chi connectivity index (χ3n) is 4.49. The largest absolute Gasteiger partial charge is 1.00 e. The number of aliphatic hydroxyl groups is 1. The first kappa shape index (κ1) is 27.7. The second-order valence-electron chi connectivity index (χ2n) is 6.75. The van der Waals surface area contributed by atoms with E-state index in [9.17, 15) is 18.1 Å². The third kappa shape index (κ3) is 16.9. The maximum absolute atomic E-state index is 11.4. The minimum Gasteiger partial charge on any atom is -0.748 e. The Morgan fingerprint density at radius 3 is 1.75 bits per heavy atom. The quantitative estimate of drug-likeness (QED) is 0.248. The molecule has 4 nitrogen and oxygen atoms in total. The van der Waals surface area contributed by atoms with Crippen LogP contribution in [0.4, 0.5) is 0 Å². The van der Waals surface area contributed by atoms with Crippen molar-refractivity contribution in [2.75, 3.05) is 0 Å². The fourth-order valence-corrected chi connectivity index (χ4v) is 3.84. The molecule has 0 saturated carbocycles. The maximum atomic E-state index is 11.4. The molecule has 0 heterocycles. The van der Waals surface area contributed by atoms with Gasteiger partial charge in [0.2, 0.25) is 0 Å². The second kappa shape index (κ2) is 17.9. The summed E-state index contributed by atoms with van der Waals surface area (Å²) in [7, 11) is -4.21. The monoisotopic (exact) mass is 388 g/mol. The van der Waals surface area contributed by atoms with Gasteiger partial charge in [-0.25, -0.2) is 8.42 Å². The predicted molar refractivity (Wildman–Crippen MR) is 95.5 cm³/mol. The molecule has 0 bridgehead atoms. The normalized spacial score (nSPS) is 14.2. The van der Waals surface area contributed by atoms with Gasteiger partial charge in [0.25, 0.3) is 0 Å². The van der Waals surface area contributed by atoms with E-state index < -0.39 is 15.4 Å². The summed E-state index contributed by atoms with van der Waals surface area (Å²) in [5.74, 6) is 0. The summed E-state index contributed by atoms with van der Waals surface area (Å²) in [6, 6.07) is 0. The molecule has 0 fully saturated rings. The number of hydrogen-bond donors (Lipinski definition) is 1. The molecule has 0 aliphatic heterocycles. The molecule has 2 atom stereocenters. The topological polar surface area (TPSA) is 77.4 Å². The molecule has 0 amide bonds. The minimum atomic E-state index is -4.21. The van der Waals surface area contributed by atoms with E-state index in [4.69, 9.17) is 0 Å². The van der Waals surface area contributed by atoms with Crippen molar-refractivity contribution in [2.24, 2.45) is 0 Å². The van der Waals surface area contributed by atoms with E-state index in [1.807, 2.05) is 0 Å². The van der Waals surface area contributed by atoms with Crippen molar-refractivity contribution in [1.29, 1.82) is 0 Å². The molecule has 0 aromatic rings. The van der Waals surface area contributed by atoms with Crippen molar-refractivity contribution in [3.63, 3.8) is 0 Å². The molecule has 2 unspecified atom stereocenters. The number of rotatable bonds is 16. The second-order valence-corrected chi connectivity index (χ2v) is 8.40. The average molecular weight is 389 g/mol. The van der Waals surface area contributed by atoms with Crippen LogP contribution in [0.3, 0.4) is 0 Å². The van der Waals surface area contributed by atoms with Crippen molar-refractivity contribution in [2.45, 2.75) is 115 Å². The van der Waals surface area contributed by atoms with Gasteiger partial charge in [0, 0.05) is 5.25 Å². The Bertz CT molecular complexity index is 360. The van der Waals surface area contributed by atoms with Crippen molar-refractivity contribution in [1.82, 2.24) is 0 Å². The Labute approximate surface area is 192 Å². The van der Waals surface area contributed by atoms with Crippen LogP contribution >= 0.6 is 0 Å². The summed E-state index contributed by atoms with van der Waals surface area (Å²) in [4.78, 5) is 0. The Kier molecular flexibility index (Phi) is 20.7. The van der Waals surface area contributed by atoms with E-state index in [0.29, 0.717) is 25.7 Å². The van der Waals surface area contributed by atoms with E-state index in [1.54, 1.807) is 0 Å². The van der Waals surface area contributed by atoms with Crippen LogP contribution in [-0.4, -0.2) is 29.4 Å². The average Bonchev–Trinajstić information content (AvgIpc) is 2.49. The fourth-order valence-electron chi connectivity index (χ4n) is 2.93. The Morgan fingerprint density at radius 1 is 0.750 bits per heavy atom. The van der Waals surface area contributed by atoms with E-state index in [2.05, 4.69) is 13.8 Å². The zero-order valence-electron chi connectivity index (χ0n) is 16.1. The van der Waals surface area contributed by atoms with Crippen LogP contribution in [0.15, 0.2) is 0 Å². The summed E-state index contributed by atoms with van der Waals surface area (Å²) < 4.78 is 34.1. The van der Waals surface area contributed by atoms with Gasteiger partial charge >= 0.3 is 51.4 Å². The maximum Gasteiger partial charge on any atom is 1.00 e. The number of unbranched alkanes of at least 4 members (excludes halogenated alkanes) is 7. The van der Waals surface area contributed by atoms with E-state index >= 15 is 0 Å². The van der Waals surface area contributed by atoms with Gasteiger partial charge in [0.15, 0.2) is 0 Å². The molecular formula is C18H37KO4S. The first-order valence-electron chi connectivity index (χ1n) is 9.54. The molecule has 6 heteroatoms. The van der Waals surface area contributed by atoms with E-state index in [0.717, 1.165) is 38.5 Å². The molecule has 0 saturated heterocycles. The fraction of sp³-hybridized carbons (Fsp3) is 1.00. The summed E-state index contributed by atoms with van der Waals surface area (Å²) >= 11 is 0. The Morgan fingerprint density at radius 2 is 1.21 bits per heavy atom. The van der Waals surface area contributed by atoms with Gasteiger partial charge in [0.1, 0.15) is 0 Å². The summed E-state index contributed by atoms with van der Waals surface area (Å²) in [5, 5.41) is 9.02. The van der Waals surface area contributed by atoms with Gasteiger partial charge in [-0.1, -0.05) is 71.6 Å². The summed E-state index contributed by atoms with van der Waals surface area (Å²) in [6.07, 6.45) is 12.4. The van der Waals surface area contributed by atoms with Crippen LogP contribution < -0.4 is 51.4 Å². The van der Waals surface area contributed by atoms with Gasteiger partial charge in [-0.05, 0) is 32.1 Å². The van der Waals surface area contributed by atoms with Crippen LogP contribution in [0.25, 0.3) is 0 Å². The van der Waals surface area contributed by atoms with E-state index in [1.165, 1.54) is 25.7 Å². The third-order valence-corrected chi connectivity index (χ3v) is 5.78. The Hall–Kier alpha value is 1.51. The van der Waals surface area contributed by atoms with Crippen LogP contribution in [0.2, 0.25) is 0 Å². The minimum absolute atomic E-state index is 0. The Balaban J connectivity index is 0. The molecule has 0 aliphatic carbocycles. The molecule has 140 valence electrons. The zero-order chi connectivity index (χ0) is 17.6. The molecule has 24 heavy (non-hydrogen) atoms. The molecule has 0 spiro atoms. The predicted octanol–water partition coefficient (Wildman–Crippen LogP) is 1.77. The number of hydrogen-bond acceptors (Lipinski definition) is 4. The van der Waals surface area contributed by atoms with Crippen molar-refractivity contribution in [3.8, 4) is 0 Å². The molecule has 0 aromatic heterocycles. The van der Waals surface area contributed by atoms with Crippen molar-refractivity contribution >= 4 is 10.1 Å². The summed E-state index contributed by atoms with van der Waals surface area (Å²) in [6.45, 7) is 4.26. The molecule has 0 aromatic carbocycles. The molecular weight excluding hydrogens is 351 g/mol.